The van der Waals surface area contributed by atoms with Crippen LogP contribution < -0.4 is 11.1 Å². The van der Waals surface area contributed by atoms with Crippen molar-refractivity contribution in [1.82, 2.24) is 14.8 Å². The third kappa shape index (κ3) is 1.65. The maximum absolute atomic E-state index is 11.7. The Hall–Kier alpha value is -2.31. The molecule has 2 heterocycles. The van der Waals surface area contributed by atoms with Crippen LogP contribution in [0.2, 0.25) is 0 Å². The molecular weight excluding hydrogens is 226 g/mol. The summed E-state index contributed by atoms with van der Waals surface area (Å²) in [6, 6.07) is 0. The zero-order chi connectivity index (χ0) is 12.7. The maximum atomic E-state index is 11.7. The molecule has 0 unspecified atom stereocenters. The van der Waals surface area contributed by atoms with Gasteiger partial charge in [0.2, 0.25) is 0 Å². The molecule has 17 heavy (non-hydrogen) atoms. The lowest BCUT2D eigenvalue weighted by Gasteiger charge is -2.03. The zero-order valence-electron chi connectivity index (χ0n) is 9.33. The number of carbonyl (C=O) groups is 1. The summed E-state index contributed by atoms with van der Waals surface area (Å²) in [4.78, 5) is 36.5. The minimum Gasteiger partial charge on any atom is -0.481 e. The van der Waals surface area contributed by atoms with Crippen molar-refractivity contribution in [1.29, 1.82) is 0 Å². The Morgan fingerprint density at radius 1 is 1.35 bits per heavy atom. The summed E-state index contributed by atoms with van der Waals surface area (Å²) in [6.45, 7) is 1.57. The van der Waals surface area contributed by atoms with E-state index in [4.69, 9.17) is 5.11 Å². The third-order valence-electron chi connectivity index (χ3n) is 2.73. The number of hydrogen-bond acceptors (Lipinski definition) is 3. The molecule has 0 saturated heterocycles. The van der Waals surface area contributed by atoms with Crippen LogP contribution in [0.3, 0.4) is 0 Å². The first kappa shape index (κ1) is 11.2. The number of pyridine rings is 1. The Bertz CT molecular complexity index is 719. The SMILES string of the molecule is Cc1c(CC(=O)O)c(=O)[nH]c2c1c(=O)[nH]n2C. The molecule has 7 heteroatoms. The first-order chi connectivity index (χ1) is 7.91. The lowest BCUT2D eigenvalue weighted by atomic mass is 10.1. The molecule has 3 N–H and O–H groups in total. The van der Waals surface area contributed by atoms with Crippen LogP contribution in [0.4, 0.5) is 0 Å². The Morgan fingerprint density at radius 2 is 2.00 bits per heavy atom. The fourth-order valence-corrected chi connectivity index (χ4v) is 1.90. The van der Waals surface area contributed by atoms with E-state index in [2.05, 4.69) is 10.1 Å². The van der Waals surface area contributed by atoms with Gasteiger partial charge < -0.3 is 10.1 Å². The number of H-pyrrole nitrogens is 2. The van der Waals surface area contributed by atoms with Gasteiger partial charge in [-0.05, 0) is 12.5 Å². The third-order valence-corrected chi connectivity index (χ3v) is 2.73. The van der Waals surface area contributed by atoms with Crippen molar-refractivity contribution in [3.63, 3.8) is 0 Å². The summed E-state index contributed by atoms with van der Waals surface area (Å²) >= 11 is 0. The molecule has 0 saturated carbocycles. The van der Waals surface area contributed by atoms with E-state index in [9.17, 15) is 14.4 Å². The van der Waals surface area contributed by atoms with Crippen LogP contribution in [0.5, 0.6) is 0 Å². The minimum atomic E-state index is -1.11. The topological polar surface area (TPSA) is 108 Å². The average Bonchev–Trinajstić information content (AvgIpc) is 2.48. The molecule has 0 aliphatic rings. The Kier molecular flexibility index (Phi) is 2.38. The zero-order valence-corrected chi connectivity index (χ0v) is 9.33. The highest BCUT2D eigenvalue weighted by atomic mass is 16.4. The van der Waals surface area contributed by atoms with Crippen molar-refractivity contribution in [2.45, 2.75) is 13.3 Å². The maximum Gasteiger partial charge on any atom is 0.308 e. The number of nitrogens with one attached hydrogen (secondary N) is 2. The van der Waals surface area contributed by atoms with E-state index in [1.807, 2.05) is 0 Å². The summed E-state index contributed by atoms with van der Waals surface area (Å²) in [7, 11) is 1.59. The molecule has 0 aliphatic carbocycles. The van der Waals surface area contributed by atoms with Gasteiger partial charge in [0.1, 0.15) is 5.65 Å². The second kappa shape index (κ2) is 3.62. The standard InChI is InChI=1S/C10H11N3O4/c1-4-5(3-6(14)15)9(16)11-8-7(4)10(17)12-13(8)2/h3H2,1-2H3,(H,11,16)(H,12,17)(H,14,15). The van der Waals surface area contributed by atoms with Gasteiger partial charge in [-0.25, -0.2) is 0 Å². The lowest BCUT2D eigenvalue weighted by Crippen LogP contribution is -2.19. The average molecular weight is 237 g/mol. The molecular formula is C10H11N3O4. The van der Waals surface area contributed by atoms with Gasteiger partial charge in [0.25, 0.3) is 11.1 Å². The molecule has 2 aromatic heterocycles. The quantitative estimate of drug-likeness (QED) is 0.653. The Balaban J connectivity index is 2.89. The first-order valence-electron chi connectivity index (χ1n) is 4.94. The number of nitrogens with zero attached hydrogens (tertiary/aromatic N) is 1. The number of carboxylic acid groups (broad SMARTS) is 1. The van der Waals surface area contributed by atoms with Crippen molar-refractivity contribution in [3.05, 3.63) is 31.8 Å². The van der Waals surface area contributed by atoms with Crippen LogP contribution >= 0.6 is 0 Å². The first-order valence-corrected chi connectivity index (χ1v) is 4.94. The number of fused-ring (bicyclic) bond motifs is 1. The monoisotopic (exact) mass is 237 g/mol. The minimum absolute atomic E-state index is 0.113. The van der Waals surface area contributed by atoms with Crippen LogP contribution in [0.1, 0.15) is 11.1 Å². The molecule has 0 bridgehead atoms. The highest BCUT2D eigenvalue weighted by Gasteiger charge is 2.16. The van der Waals surface area contributed by atoms with Gasteiger partial charge >= 0.3 is 5.97 Å². The van der Waals surface area contributed by atoms with Gasteiger partial charge in [0.15, 0.2) is 0 Å². The van der Waals surface area contributed by atoms with Gasteiger partial charge in [0.05, 0.1) is 11.8 Å². The lowest BCUT2D eigenvalue weighted by molar-refractivity contribution is -0.136. The van der Waals surface area contributed by atoms with Crippen molar-refractivity contribution in [3.8, 4) is 0 Å². The van der Waals surface area contributed by atoms with E-state index < -0.39 is 17.9 Å². The summed E-state index contributed by atoms with van der Waals surface area (Å²) < 4.78 is 1.40. The summed E-state index contributed by atoms with van der Waals surface area (Å²) in [5.41, 5.74) is 0.0660. The second-order valence-corrected chi connectivity index (χ2v) is 3.85. The molecule has 0 spiro atoms. The Morgan fingerprint density at radius 3 is 2.59 bits per heavy atom. The predicted octanol–water partition coefficient (Wildman–Crippen LogP) is -0.510. The molecule has 90 valence electrons. The number of carboxylic acids is 1. The smallest absolute Gasteiger partial charge is 0.308 e. The number of aryl methyl sites for hydroxylation is 2. The van der Waals surface area contributed by atoms with Gasteiger partial charge in [-0.3, -0.25) is 24.2 Å². The molecule has 0 amide bonds. The molecule has 0 radical (unpaired) electrons. The van der Waals surface area contributed by atoms with E-state index in [0.29, 0.717) is 16.6 Å². The normalized spacial score (nSPS) is 10.9. The highest BCUT2D eigenvalue weighted by molar-refractivity contribution is 5.81. The fourth-order valence-electron chi connectivity index (χ4n) is 1.90. The van der Waals surface area contributed by atoms with E-state index >= 15 is 0 Å². The molecule has 0 aromatic carbocycles. The van der Waals surface area contributed by atoms with Crippen LogP contribution in [0.15, 0.2) is 9.59 Å². The highest BCUT2D eigenvalue weighted by Crippen LogP contribution is 2.13. The van der Waals surface area contributed by atoms with Gasteiger partial charge in [-0.15, -0.1) is 0 Å². The molecule has 2 rings (SSSR count). The van der Waals surface area contributed by atoms with Crippen molar-refractivity contribution in [2.24, 2.45) is 7.05 Å². The van der Waals surface area contributed by atoms with E-state index in [0.717, 1.165) is 0 Å². The van der Waals surface area contributed by atoms with Crippen LogP contribution in [0, 0.1) is 6.92 Å². The molecule has 2 aromatic rings. The van der Waals surface area contributed by atoms with E-state index in [1.54, 1.807) is 14.0 Å². The van der Waals surface area contributed by atoms with Crippen molar-refractivity contribution >= 4 is 17.0 Å². The van der Waals surface area contributed by atoms with E-state index in [1.165, 1.54) is 4.68 Å². The van der Waals surface area contributed by atoms with Gasteiger partial charge in [-0.2, -0.15) is 0 Å². The second-order valence-electron chi connectivity index (χ2n) is 3.85. The summed E-state index contributed by atoms with van der Waals surface area (Å²) in [5, 5.41) is 11.5. The van der Waals surface area contributed by atoms with Crippen molar-refractivity contribution in [2.75, 3.05) is 0 Å². The molecule has 0 aliphatic heterocycles. The van der Waals surface area contributed by atoms with Crippen LogP contribution in [-0.2, 0) is 18.3 Å². The summed E-state index contributed by atoms with van der Waals surface area (Å²) in [5.74, 6) is -1.11. The van der Waals surface area contributed by atoms with Gasteiger partial charge in [-0.1, -0.05) is 0 Å². The number of aromatic nitrogens is 3. The Labute approximate surface area is 94.7 Å². The predicted molar refractivity (Wildman–Crippen MR) is 60.2 cm³/mol. The summed E-state index contributed by atoms with van der Waals surface area (Å²) in [6.07, 6.45) is -0.397. The molecule has 7 nitrogen and oxygen atoms in total. The fraction of sp³-hybridized carbons (Fsp3) is 0.300. The molecule has 0 atom stereocenters. The number of aliphatic carboxylic acids is 1. The van der Waals surface area contributed by atoms with Crippen LogP contribution in [0.25, 0.3) is 11.0 Å². The van der Waals surface area contributed by atoms with Gasteiger partial charge in [0, 0.05) is 12.6 Å². The largest absolute Gasteiger partial charge is 0.481 e. The number of hydrogen-bond donors (Lipinski definition) is 3. The molecule has 0 fully saturated rings. The van der Waals surface area contributed by atoms with Crippen molar-refractivity contribution < 1.29 is 9.90 Å². The van der Waals surface area contributed by atoms with Crippen LogP contribution in [-0.4, -0.2) is 25.8 Å². The van der Waals surface area contributed by atoms with E-state index in [-0.39, 0.29) is 11.1 Å². The number of aromatic amines is 2. The number of rotatable bonds is 2.